The van der Waals surface area contributed by atoms with Gasteiger partial charge in [-0.1, -0.05) is 20.8 Å². The van der Waals surface area contributed by atoms with Gasteiger partial charge in [0.15, 0.2) is 0 Å². The summed E-state index contributed by atoms with van der Waals surface area (Å²) in [6, 6.07) is 16.2. The molecule has 0 spiro atoms. The predicted octanol–water partition coefficient (Wildman–Crippen LogP) is 16.3. The van der Waals surface area contributed by atoms with Crippen molar-refractivity contribution in [2.24, 2.45) is 17.3 Å². The molecule has 1 unspecified atom stereocenters. The van der Waals surface area contributed by atoms with E-state index in [0.29, 0.717) is 24.5 Å². The van der Waals surface area contributed by atoms with Gasteiger partial charge < -0.3 is 0 Å². The molecule has 5 fully saturated rings. The zero-order valence-corrected chi connectivity index (χ0v) is 52.3. The summed E-state index contributed by atoms with van der Waals surface area (Å²) >= 11 is -2.81. The summed E-state index contributed by atoms with van der Waals surface area (Å²) in [5, 5.41) is 0. The van der Waals surface area contributed by atoms with Crippen molar-refractivity contribution in [3.63, 3.8) is 0 Å². The summed E-state index contributed by atoms with van der Waals surface area (Å²) in [6.45, 7) is 27.7. The van der Waals surface area contributed by atoms with Crippen LogP contribution >= 0.6 is 0 Å². The molecule has 1 saturated carbocycles. The number of ether oxygens (including phenoxy) is 3. The monoisotopic (exact) mass is 1110 g/mol. The summed E-state index contributed by atoms with van der Waals surface area (Å²) in [5.41, 5.74) is 1.08. The van der Waals surface area contributed by atoms with Gasteiger partial charge in [-0.3, -0.25) is 0 Å². The molecule has 4 heterocycles. The topological polar surface area (TPSA) is 52.6 Å². The van der Waals surface area contributed by atoms with Crippen LogP contribution in [-0.4, -0.2) is 115 Å². The first kappa shape index (κ1) is 59.0. The molecule has 10 heteroatoms. The Bertz CT molecular complexity index is 1620. The van der Waals surface area contributed by atoms with Crippen molar-refractivity contribution < 1.29 is 23.1 Å². The molecule has 70 heavy (non-hydrogen) atoms. The molecule has 1 aromatic rings. The summed E-state index contributed by atoms with van der Waals surface area (Å²) in [5.74, 6) is 2.11. The molecule has 0 amide bonds. The molecule has 0 radical (unpaired) electrons. The first-order chi connectivity index (χ1) is 34.1. The standard InChI is InChI=1S/C48H83N2O5Si2.3C4H9.Sn/c1-9-43(55-57(13-5,14-6)15-7)45(52-37-39-26-28-41(51-8)29-27-39)48-42-30-33-49-32-23-21-19-17-16-18-20-22-31-47(46(48)49)35-40(42)36-50(48)44(53-38-47)25-24-34-54-56(10-2,11-3)12-4;3*1-3-4-2;/h1,9,26-29,40,42-46H,10-25,30-38H2,2-8H3;3*1,3-4H2,2H3;/t40?,42-,43+,44+,45-,46+,47-,48-;;;;/m1..../s1. The molecular weight excluding hydrogens is 1000 g/mol. The van der Waals surface area contributed by atoms with Crippen LogP contribution in [0.5, 0.6) is 5.75 Å². The van der Waals surface area contributed by atoms with Crippen molar-refractivity contribution in [2.75, 3.05) is 40.0 Å². The van der Waals surface area contributed by atoms with E-state index in [1.807, 2.05) is 0 Å². The third kappa shape index (κ3) is 13.6. The van der Waals surface area contributed by atoms with Gasteiger partial charge in [-0.05, 0) is 18.1 Å². The fraction of sp³-hybridized carbons (Fsp3) is 0.867. The average molecular weight is 1110 g/mol. The van der Waals surface area contributed by atoms with E-state index in [4.69, 9.17) is 23.1 Å². The summed E-state index contributed by atoms with van der Waals surface area (Å²) in [7, 11) is -2.07. The van der Waals surface area contributed by atoms with E-state index >= 15 is 0 Å². The predicted molar refractivity (Wildman–Crippen MR) is 305 cm³/mol. The molecule has 1 aliphatic carbocycles. The van der Waals surface area contributed by atoms with Gasteiger partial charge >= 0.3 is 402 Å². The number of hydrogen-bond donors (Lipinski definition) is 0. The minimum absolute atomic E-state index is 0.0553. The Morgan fingerprint density at radius 2 is 1.34 bits per heavy atom. The summed E-state index contributed by atoms with van der Waals surface area (Å²) in [6.07, 6.45) is 27.4. The summed E-state index contributed by atoms with van der Waals surface area (Å²) in [4.78, 5) is 6.16. The third-order valence-electron chi connectivity index (χ3n) is 20.0. The molecule has 1 aromatic carbocycles. The van der Waals surface area contributed by atoms with E-state index < -0.39 is 35.0 Å². The van der Waals surface area contributed by atoms with Crippen LogP contribution in [0.25, 0.3) is 0 Å². The second kappa shape index (κ2) is 28.8. The van der Waals surface area contributed by atoms with E-state index in [9.17, 15) is 0 Å². The van der Waals surface area contributed by atoms with Gasteiger partial charge in [0.25, 0.3) is 0 Å². The van der Waals surface area contributed by atoms with Crippen LogP contribution in [0.15, 0.2) is 34.4 Å². The normalized spacial score (nSPS) is 28.0. The second-order valence-corrected chi connectivity index (χ2v) is 46.2. The van der Waals surface area contributed by atoms with Crippen LogP contribution in [-0.2, 0) is 24.9 Å². The number of rotatable bonds is 30. The Balaban J connectivity index is 1.59. The molecule has 4 aliphatic heterocycles. The Morgan fingerprint density at radius 3 is 1.93 bits per heavy atom. The van der Waals surface area contributed by atoms with Gasteiger partial charge in [-0.2, -0.15) is 0 Å². The molecule has 7 nitrogen and oxygen atoms in total. The van der Waals surface area contributed by atoms with E-state index in [0.717, 1.165) is 56.5 Å². The van der Waals surface area contributed by atoms with Crippen LogP contribution in [0.1, 0.15) is 190 Å². The van der Waals surface area contributed by atoms with Crippen molar-refractivity contribution in [3.05, 3.63) is 40.0 Å². The first-order valence-corrected chi connectivity index (χ1v) is 43.2. The van der Waals surface area contributed by atoms with Crippen molar-refractivity contribution in [1.82, 2.24) is 9.80 Å². The first-order valence-electron chi connectivity index (χ1n) is 30.5. The third-order valence-corrected chi connectivity index (χ3v) is 43.4. The molecule has 8 atom stereocenters. The molecular formula is C60H110N2O5Si2Sn. The summed E-state index contributed by atoms with van der Waals surface area (Å²) < 4.78 is 44.3. The quantitative estimate of drug-likeness (QED) is 0.0562. The van der Waals surface area contributed by atoms with E-state index in [1.165, 1.54) is 159 Å². The fourth-order valence-electron chi connectivity index (χ4n) is 15.4. The number of methoxy groups -OCH3 is 1. The van der Waals surface area contributed by atoms with Gasteiger partial charge in [-0.25, -0.2) is 0 Å². The van der Waals surface area contributed by atoms with E-state index in [1.54, 1.807) is 7.11 Å². The number of unbranched alkanes of at least 4 members (excludes halogenated alkanes) is 3. The molecule has 0 N–H and O–H groups in total. The molecule has 5 bridgehead atoms. The minimum atomic E-state index is -2.81. The van der Waals surface area contributed by atoms with E-state index in [2.05, 4.69) is 107 Å². The van der Waals surface area contributed by atoms with Crippen molar-refractivity contribution >= 4 is 35.0 Å². The van der Waals surface area contributed by atoms with Gasteiger partial charge in [0, 0.05) is 0 Å². The van der Waals surface area contributed by atoms with Gasteiger partial charge in [0.05, 0.1) is 0 Å². The van der Waals surface area contributed by atoms with Crippen molar-refractivity contribution in [1.29, 1.82) is 0 Å². The van der Waals surface area contributed by atoms with Gasteiger partial charge in [0.1, 0.15) is 0 Å². The zero-order chi connectivity index (χ0) is 50.1. The fourth-order valence-corrected chi connectivity index (χ4v) is 35.2. The van der Waals surface area contributed by atoms with Crippen LogP contribution in [0.4, 0.5) is 0 Å². The van der Waals surface area contributed by atoms with Crippen LogP contribution in [0.3, 0.4) is 0 Å². The SMILES string of the molecule is CCC[CH2][Sn](/[CH]=C/[C@H](O[Si](CC)(CC)CC)[C@@H](OCc1ccc(OC)cc1)[C@@]12[C@@H]3CCN4CCCCCCCCCC[C@@]5(CO[C@@H](CCCO[Si](CC)(CC)CC)N1CC3C5)[C@H]42)([CH2]CCC)[CH2]CCC. The molecule has 4 saturated heterocycles. The number of benzene rings is 1. The average Bonchev–Trinajstić information content (AvgIpc) is 3.60. The Kier molecular flexibility index (Phi) is 24.2. The molecule has 0 aromatic heterocycles. The Hall–Kier alpha value is -0.248. The second-order valence-electron chi connectivity index (χ2n) is 23.7. The van der Waals surface area contributed by atoms with Gasteiger partial charge in [0.2, 0.25) is 0 Å². The number of nitrogens with zero attached hydrogens (tertiary/aromatic N) is 2. The van der Waals surface area contributed by atoms with Crippen LogP contribution in [0, 0.1) is 17.3 Å². The number of piperidine rings is 1. The van der Waals surface area contributed by atoms with E-state index in [-0.39, 0.29) is 29.4 Å². The van der Waals surface area contributed by atoms with Crippen molar-refractivity contribution in [3.8, 4) is 5.75 Å². The maximum absolute atomic E-state index is 8.32. The Labute approximate surface area is 438 Å². The zero-order valence-electron chi connectivity index (χ0n) is 47.4. The maximum atomic E-state index is 8.32. The van der Waals surface area contributed by atoms with Gasteiger partial charge in [-0.15, -0.1) is 0 Å². The van der Waals surface area contributed by atoms with Crippen LogP contribution in [0.2, 0.25) is 49.6 Å². The van der Waals surface area contributed by atoms with Crippen molar-refractivity contribution in [2.45, 2.75) is 271 Å². The molecule has 6 rings (SSSR count). The molecule has 402 valence electrons. The number of hydrogen-bond acceptors (Lipinski definition) is 7. The Morgan fingerprint density at radius 1 is 0.743 bits per heavy atom. The van der Waals surface area contributed by atoms with Crippen LogP contribution < -0.4 is 4.74 Å². The molecule has 5 aliphatic rings.